The minimum Gasteiger partial charge on any atom is -0.380 e. The molecule has 3 N–H and O–H groups in total. The Hall–Kier alpha value is -2.83. The van der Waals surface area contributed by atoms with Crippen molar-refractivity contribution in [1.29, 1.82) is 10.5 Å². The monoisotopic (exact) mass is 282 g/mol. The Balaban J connectivity index is 2.09. The molecule has 0 spiro atoms. The fourth-order valence-corrected chi connectivity index (χ4v) is 2.45. The van der Waals surface area contributed by atoms with Crippen LogP contribution in [0.3, 0.4) is 0 Å². The average molecular weight is 282 g/mol. The van der Waals surface area contributed by atoms with Crippen molar-refractivity contribution in [2.75, 3.05) is 5.32 Å². The summed E-state index contributed by atoms with van der Waals surface area (Å²) in [5.41, 5.74) is 7.11. The number of carbonyl (C=O) groups is 1. The normalized spacial score (nSPS) is 9.50. The van der Waals surface area contributed by atoms with Crippen LogP contribution in [0.25, 0.3) is 0 Å². The summed E-state index contributed by atoms with van der Waals surface area (Å²) in [6, 6.07) is 10.6. The Morgan fingerprint density at radius 1 is 1.25 bits per heavy atom. The van der Waals surface area contributed by atoms with E-state index in [-0.39, 0.29) is 0 Å². The molecule has 1 heterocycles. The van der Waals surface area contributed by atoms with Crippen LogP contribution in [-0.4, -0.2) is 5.91 Å². The van der Waals surface area contributed by atoms with Gasteiger partial charge in [-0.3, -0.25) is 4.79 Å². The van der Waals surface area contributed by atoms with Crippen LogP contribution in [0.1, 0.15) is 26.4 Å². The smallest absolute Gasteiger partial charge is 0.249 e. The van der Waals surface area contributed by atoms with Crippen molar-refractivity contribution in [2.45, 2.75) is 6.54 Å². The predicted molar refractivity (Wildman–Crippen MR) is 76.0 cm³/mol. The first kappa shape index (κ1) is 13.6. The summed E-state index contributed by atoms with van der Waals surface area (Å²) in [6.07, 6.45) is 0. The van der Waals surface area contributed by atoms with Crippen molar-refractivity contribution in [3.05, 3.63) is 51.2 Å². The van der Waals surface area contributed by atoms with Crippen molar-refractivity contribution in [1.82, 2.24) is 0 Å². The highest BCUT2D eigenvalue weighted by Gasteiger charge is 2.06. The zero-order valence-corrected chi connectivity index (χ0v) is 11.2. The van der Waals surface area contributed by atoms with Crippen LogP contribution >= 0.6 is 11.3 Å². The standard InChI is InChI=1S/C14H10N4OS/c15-5-9-1-2-12(3-10(9)6-16)18-7-13-4-11(8-20-13)14(17)19/h1-4,8,18H,7H2,(H2,17,19). The number of hydrogen-bond donors (Lipinski definition) is 2. The fourth-order valence-electron chi connectivity index (χ4n) is 1.64. The second kappa shape index (κ2) is 5.87. The maximum atomic E-state index is 11.0. The van der Waals surface area contributed by atoms with Gasteiger partial charge in [-0.2, -0.15) is 10.5 Å². The molecule has 5 nitrogen and oxygen atoms in total. The van der Waals surface area contributed by atoms with Crippen molar-refractivity contribution < 1.29 is 4.79 Å². The molecule has 0 aliphatic rings. The number of thiophene rings is 1. The third-order valence-corrected chi connectivity index (χ3v) is 3.60. The van der Waals surface area contributed by atoms with Crippen molar-refractivity contribution >= 4 is 22.9 Å². The van der Waals surface area contributed by atoms with E-state index in [0.717, 1.165) is 10.6 Å². The molecule has 0 fully saturated rings. The van der Waals surface area contributed by atoms with Crippen LogP contribution < -0.4 is 11.1 Å². The molecule has 0 aliphatic heterocycles. The summed E-state index contributed by atoms with van der Waals surface area (Å²) in [4.78, 5) is 11.9. The van der Waals surface area contributed by atoms with E-state index in [4.69, 9.17) is 16.3 Å². The molecule has 2 rings (SSSR count). The SMILES string of the molecule is N#Cc1ccc(NCc2cc(C(N)=O)cs2)cc1C#N. The van der Waals surface area contributed by atoms with Gasteiger partial charge in [0.1, 0.15) is 12.1 Å². The maximum absolute atomic E-state index is 11.0. The van der Waals surface area contributed by atoms with E-state index in [1.54, 1.807) is 29.6 Å². The number of nitriles is 2. The molecule has 0 unspecified atom stereocenters. The topological polar surface area (TPSA) is 103 Å². The molecule has 1 aromatic heterocycles. The third kappa shape index (κ3) is 2.94. The minimum atomic E-state index is -0.447. The largest absolute Gasteiger partial charge is 0.380 e. The van der Waals surface area contributed by atoms with Gasteiger partial charge in [0, 0.05) is 22.5 Å². The van der Waals surface area contributed by atoms with Crippen LogP contribution in [0.2, 0.25) is 0 Å². The predicted octanol–water partition coefficient (Wildman–Crippen LogP) is 2.20. The van der Waals surface area contributed by atoms with E-state index in [2.05, 4.69) is 5.32 Å². The average Bonchev–Trinajstić information content (AvgIpc) is 2.94. The van der Waals surface area contributed by atoms with E-state index in [9.17, 15) is 4.79 Å². The van der Waals surface area contributed by atoms with Gasteiger partial charge >= 0.3 is 0 Å². The molecule has 1 aromatic carbocycles. The van der Waals surface area contributed by atoms with Gasteiger partial charge in [-0.15, -0.1) is 11.3 Å². The second-order valence-corrected chi connectivity index (χ2v) is 5.00. The van der Waals surface area contributed by atoms with Gasteiger partial charge in [-0.25, -0.2) is 0 Å². The van der Waals surface area contributed by atoms with Gasteiger partial charge in [0.25, 0.3) is 0 Å². The number of carbonyl (C=O) groups excluding carboxylic acids is 1. The third-order valence-electron chi connectivity index (χ3n) is 2.67. The first-order valence-corrected chi connectivity index (χ1v) is 6.57. The molecule has 2 aromatic rings. The highest BCUT2D eigenvalue weighted by atomic mass is 32.1. The molecule has 98 valence electrons. The Kier molecular flexibility index (Phi) is 3.99. The van der Waals surface area contributed by atoms with E-state index >= 15 is 0 Å². The molecule has 0 radical (unpaired) electrons. The number of hydrogen-bond acceptors (Lipinski definition) is 5. The summed E-state index contributed by atoms with van der Waals surface area (Å²) < 4.78 is 0. The lowest BCUT2D eigenvalue weighted by atomic mass is 10.1. The van der Waals surface area contributed by atoms with Crippen LogP contribution in [0.15, 0.2) is 29.6 Å². The van der Waals surface area contributed by atoms with Gasteiger partial charge in [-0.05, 0) is 24.3 Å². The Morgan fingerprint density at radius 2 is 2.00 bits per heavy atom. The number of rotatable bonds is 4. The molecule has 1 amide bonds. The highest BCUT2D eigenvalue weighted by Crippen LogP contribution is 2.18. The van der Waals surface area contributed by atoms with Crippen molar-refractivity contribution in [3.8, 4) is 12.1 Å². The Bertz CT molecular complexity index is 736. The van der Waals surface area contributed by atoms with Crippen LogP contribution in [-0.2, 0) is 6.54 Å². The summed E-state index contributed by atoms with van der Waals surface area (Å²) in [5, 5.41) is 22.6. The molecule has 0 bridgehead atoms. The van der Waals surface area contributed by atoms with Crippen molar-refractivity contribution in [3.63, 3.8) is 0 Å². The molecule has 0 aliphatic carbocycles. The number of amides is 1. The molecule has 20 heavy (non-hydrogen) atoms. The lowest BCUT2D eigenvalue weighted by Gasteiger charge is -2.05. The van der Waals surface area contributed by atoms with Crippen LogP contribution in [0.5, 0.6) is 0 Å². The molecule has 6 heteroatoms. The number of benzene rings is 1. The lowest BCUT2D eigenvalue weighted by molar-refractivity contribution is 0.100. The number of nitrogens with one attached hydrogen (secondary N) is 1. The molecule has 0 atom stereocenters. The molecule has 0 saturated heterocycles. The minimum absolute atomic E-state index is 0.335. The lowest BCUT2D eigenvalue weighted by Crippen LogP contribution is -2.09. The quantitative estimate of drug-likeness (QED) is 0.897. The molecular formula is C14H10N4OS. The van der Waals surface area contributed by atoms with E-state index in [1.165, 1.54) is 11.3 Å². The number of nitrogens with two attached hydrogens (primary N) is 1. The number of nitrogens with zero attached hydrogens (tertiary/aromatic N) is 2. The number of primary amides is 1. The fraction of sp³-hybridized carbons (Fsp3) is 0.0714. The highest BCUT2D eigenvalue weighted by molar-refractivity contribution is 7.10. The van der Waals surface area contributed by atoms with Gasteiger partial charge in [0.2, 0.25) is 5.91 Å². The summed E-state index contributed by atoms with van der Waals surface area (Å²) in [7, 11) is 0. The van der Waals surface area contributed by atoms with Crippen molar-refractivity contribution in [2.24, 2.45) is 5.73 Å². The van der Waals surface area contributed by atoms with Crippen LogP contribution in [0, 0.1) is 22.7 Å². The second-order valence-electron chi connectivity index (χ2n) is 4.00. The maximum Gasteiger partial charge on any atom is 0.249 e. The van der Waals surface area contributed by atoms with Crippen LogP contribution in [0.4, 0.5) is 5.69 Å². The summed E-state index contributed by atoms with van der Waals surface area (Å²) in [6.45, 7) is 0.523. The van der Waals surface area contributed by atoms with E-state index < -0.39 is 5.91 Å². The first-order chi connectivity index (χ1) is 9.63. The van der Waals surface area contributed by atoms with Gasteiger partial charge in [0.15, 0.2) is 0 Å². The van der Waals surface area contributed by atoms with Gasteiger partial charge < -0.3 is 11.1 Å². The zero-order valence-electron chi connectivity index (χ0n) is 10.4. The molecule has 0 saturated carbocycles. The van der Waals surface area contributed by atoms with Gasteiger partial charge in [0.05, 0.1) is 16.7 Å². The van der Waals surface area contributed by atoms with E-state index in [0.29, 0.717) is 23.2 Å². The molecular weight excluding hydrogens is 272 g/mol. The first-order valence-electron chi connectivity index (χ1n) is 5.69. The summed E-state index contributed by atoms with van der Waals surface area (Å²) in [5.74, 6) is -0.447. The summed E-state index contributed by atoms with van der Waals surface area (Å²) >= 11 is 1.43. The number of anilines is 1. The Labute approximate surface area is 119 Å². The van der Waals surface area contributed by atoms with Gasteiger partial charge in [-0.1, -0.05) is 0 Å². The zero-order chi connectivity index (χ0) is 14.5. The van der Waals surface area contributed by atoms with E-state index in [1.807, 2.05) is 12.1 Å². The Morgan fingerprint density at radius 3 is 2.60 bits per heavy atom.